The van der Waals surface area contributed by atoms with Gasteiger partial charge in [-0.1, -0.05) is 11.6 Å². The number of amides is 1. The normalized spacial score (nSPS) is 28.4. The molecule has 0 aromatic rings. The van der Waals surface area contributed by atoms with Crippen molar-refractivity contribution in [1.82, 2.24) is 9.80 Å². The highest BCUT2D eigenvalue weighted by atomic mass is 16.5. The SMILES string of the molecule is COC[C@H]1CCN(C)C2(C1)CN(C(=O)CC1=CCCCC1)C2. The lowest BCUT2D eigenvalue weighted by Gasteiger charge is -2.58. The van der Waals surface area contributed by atoms with Crippen LogP contribution in [-0.4, -0.2) is 61.6 Å². The van der Waals surface area contributed by atoms with Gasteiger partial charge in [-0.05, 0) is 58.0 Å². The molecule has 0 N–H and O–H groups in total. The molecular formula is C18H30N2O2. The Morgan fingerprint density at radius 3 is 2.91 bits per heavy atom. The van der Waals surface area contributed by atoms with Crippen LogP contribution in [0.3, 0.4) is 0 Å². The van der Waals surface area contributed by atoms with Gasteiger partial charge in [-0.2, -0.15) is 0 Å². The van der Waals surface area contributed by atoms with E-state index in [0.29, 0.717) is 18.2 Å². The molecule has 3 rings (SSSR count). The third kappa shape index (κ3) is 3.23. The number of hydrogen-bond acceptors (Lipinski definition) is 3. The minimum absolute atomic E-state index is 0.220. The highest BCUT2D eigenvalue weighted by Crippen LogP contribution is 2.38. The molecule has 1 amide bonds. The van der Waals surface area contributed by atoms with E-state index in [-0.39, 0.29) is 5.54 Å². The number of carbonyl (C=O) groups is 1. The van der Waals surface area contributed by atoms with Crippen molar-refractivity contribution in [3.63, 3.8) is 0 Å². The van der Waals surface area contributed by atoms with E-state index in [1.807, 2.05) is 0 Å². The van der Waals surface area contributed by atoms with Crippen molar-refractivity contribution in [1.29, 1.82) is 0 Å². The molecule has 1 atom stereocenters. The molecule has 4 heteroatoms. The predicted octanol–water partition coefficient (Wildman–Crippen LogP) is 2.45. The summed E-state index contributed by atoms with van der Waals surface area (Å²) in [5.41, 5.74) is 1.59. The number of ether oxygens (including phenoxy) is 1. The number of piperidine rings is 1. The summed E-state index contributed by atoms with van der Waals surface area (Å²) in [5.74, 6) is 0.987. The van der Waals surface area contributed by atoms with E-state index >= 15 is 0 Å². The Kier molecular flexibility index (Phi) is 4.88. The molecular weight excluding hydrogens is 276 g/mol. The number of nitrogens with zero attached hydrogens (tertiary/aromatic N) is 2. The molecule has 1 aliphatic carbocycles. The monoisotopic (exact) mass is 306 g/mol. The Morgan fingerprint density at radius 2 is 2.23 bits per heavy atom. The quantitative estimate of drug-likeness (QED) is 0.748. The third-order valence-corrected chi connectivity index (χ3v) is 5.84. The second kappa shape index (κ2) is 6.71. The van der Waals surface area contributed by atoms with Crippen LogP contribution in [0.1, 0.15) is 44.9 Å². The van der Waals surface area contributed by atoms with Crippen LogP contribution in [0.4, 0.5) is 0 Å². The van der Waals surface area contributed by atoms with Gasteiger partial charge < -0.3 is 9.64 Å². The fourth-order valence-corrected chi connectivity index (χ4v) is 4.37. The first-order valence-corrected chi connectivity index (χ1v) is 8.79. The van der Waals surface area contributed by atoms with E-state index in [2.05, 4.69) is 22.9 Å². The molecule has 2 heterocycles. The topological polar surface area (TPSA) is 32.8 Å². The summed E-state index contributed by atoms with van der Waals surface area (Å²) in [4.78, 5) is 17.0. The summed E-state index contributed by atoms with van der Waals surface area (Å²) >= 11 is 0. The largest absolute Gasteiger partial charge is 0.384 e. The van der Waals surface area contributed by atoms with Gasteiger partial charge in [0.25, 0.3) is 0 Å². The minimum Gasteiger partial charge on any atom is -0.384 e. The number of methoxy groups -OCH3 is 1. The molecule has 4 nitrogen and oxygen atoms in total. The molecule has 2 saturated heterocycles. The molecule has 22 heavy (non-hydrogen) atoms. The summed E-state index contributed by atoms with van der Waals surface area (Å²) in [6.07, 6.45) is 10.2. The molecule has 0 aromatic carbocycles. The zero-order valence-corrected chi connectivity index (χ0v) is 14.1. The Labute approximate surface area is 134 Å². The van der Waals surface area contributed by atoms with Crippen molar-refractivity contribution in [3.8, 4) is 0 Å². The van der Waals surface area contributed by atoms with E-state index < -0.39 is 0 Å². The lowest BCUT2D eigenvalue weighted by molar-refractivity contribution is -0.150. The number of likely N-dealkylation sites (N-methyl/N-ethyl adjacent to an activating group) is 1. The molecule has 2 aliphatic heterocycles. The van der Waals surface area contributed by atoms with Crippen molar-refractivity contribution in [2.75, 3.05) is 40.4 Å². The average Bonchev–Trinajstić information content (AvgIpc) is 2.48. The lowest BCUT2D eigenvalue weighted by atomic mass is 9.75. The summed E-state index contributed by atoms with van der Waals surface area (Å²) < 4.78 is 5.35. The second-order valence-electron chi connectivity index (χ2n) is 7.49. The Bertz CT molecular complexity index is 440. The molecule has 0 aromatic heterocycles. The molecule has 2 fully saturated rings. The van der Waals surface area contributed by atoms with Crippen LogP contribution in [0.15, 0.2) is 11.6 Å². The molecule has 124 valence electrons. The van der Waals surface area contributed by atoms with Crippen LogP contribution >= 0.6 is 0 Å². The molecule has 0 unspecified atom stereocenters. The number of allylic oxidation sites excluding steroid dienone is 1. The Balaban J connectivity index is 1.53. The van der Waals surface area contributed by atoms with Gasteiger partial charge >= 0.3 is 0 Å². The highest BCUT2D eigenvalue weighted by Gasteiger charge is 2.50. The fourth-order valence-electron chi connectivity index (χ4n) is 4.37. The van der Waals surface area contributed by atoms with Gasteiger partial charge in [0.2, 0.25) is 5.91 Å². The van der Waals surface area contributed by atoms with Crippen molar-refractivity contribution in [3.05, 3.63) is 11.6 Å². The average molecular weight is 306 g/mol. The van der Waals surface area contributed by atoms with Crippen LogP contribution in [0.2, 0.25) is 0 Å². The van der Waals surface area contributed by atoms with E-state index in [9.17, 15) is 4.79 Å². The van der Waals surface area contributed by atoms with Gasteiger partial charge in [0.15, 0.2) is 0 Å². The van der Waals surface area contributed by atoms with Crippen molar-refractivity contribution in [2.24, 2.45) is 5.92 Å². The van der Waals surface area contributed by atoms with Crippen molar-refractivity contribution in [2.45, 2.75) is 50.5 Å². The zero-order chi connectivity index (χ0) is 15.6. The molecule has 3 aliphatic rings. The summed E-state index contributed by atoms with van der Waals surface area (Å²) in [6, 6.07) is 0. The Morgan fingerprint density at radius 1 is 1.41 bits per heavy atom. The lowest BCUT2D eigenvalue weighted by Crippen LogP contribution is -2.72. The van der Waals surface area contributed by atoms with Crippen LogP contribution in [-0.2, 0) is 9.53 Å². The maximum Gasteiger partial charge on any atom is 0.226 e. The molecule has 1 spiro atoms. The molecule has 0 bridgehead atoms. The molecule has 0 saturated carbocycles. The third-order valence-electron chi connectivity index (χ3n) is 5.84. The van der Waals surface area contributed by atoms with E-state index in [4.69, 9.17) is 4.74 Å². The van der Waals surface area contributed by atoms with Crippen LogP contribution < -0.4 is 0 Å². The van der Waals surface area contributed by atoms with Crippen molar-refractivity contribution < 1.29 is 9.53 Å². The van der Waals surface area contributed by atoms with Gasteiger partial charge in [-0.15, -0.1) is 0 Å². The van der Waals surface area contributed by atoms with E-state index in [1.165, 1.54) is 31.3 Å². The maximum absolute atomic E-state index is 12.5. The summed E-state index contributed by atoms with van der Waals surface area (Å²) in [6.45, 7) is 3.81. The highest BCUT2D eigenvalue weighted by molar-refractivity contribution is 5.80. The minimum atomic E-state index is 0.220. The number of hydrogen-bond donors (Lipinski definition) is 0. The smallest absolute Gasteiger partial charge is 0.226 e. The first-order chi connectivity index (χ1) is 10.6. The van der Waals surface area contributed by atoms with Gasteiger partial charge in [0, 0.05) is 33.2 Å². The van der Waals surface area contributed by atoms with Crippen LogP contribution in [0.5, 0.6) is 0 Å². The second-order valence-corrected chi connectivity index (χ2v) is 7.49. The van der Waals surface area contributed by atoms with Gasteiger partial charge in [-0.25, -0.2) is 0 Å². The molecule has 0 radical (unpaired) electrons. The number of carbonyl (C=O) groups excluding carboxylic acids is 1. The first kappa shape index (κ1) is 16.0. The fraction of sp³-hybridized carbons (Fsp3) is 0.833. The predicted molar refractivity (Wildman–Crippen MR) is 87.7 cm³/mol. The number of likely N-dealkylation sites (tertiary alicyclic amines) is 2. The van der Waals surface area contributed by atoms with Gasteiger partial charge in [-0.3, -0.25) is 9.69 Å². The van der Waals surface area contributed by atoms with Gasteiger partial charge in [0.05, 0.1) is 5.54 Å². The van der Waals surface area contributed by atoms with Crippen LogP contribution in [0.25, 0.3) is 0 Å². The Hall–Kier alpha value is -0.870. The van der Waals surface area contributed by atoms with Crippen LogP contribution in [0, 0.1) is 5.92 Å². The maximum atomic E-state index is 12.5. The standard InChI is InChI=1S/C18H30N2O2/c1-19-9-8-16(12-22-2)11-18(19)13-20(14-18)17(21)10-15-6-4-3-5-7-15/h6,16H,3-5,7-14H2,1-2H3/t16-/m0/s1. The summed E-state index contributed by atoms with van der Waals surface area (Å²) in [7, 11) is 4.01. The van der Waals surface area contributed by atoms with Crippen molar-refractivity contribution >= 4 is 5.91 Å². The first-order valence-electron chi connectivity index (χ1n) is 8.79. The van der Waals surface area contributed by atoms with E-state index in [0.717, 1.165) is 39.1 Å². The van der Waals surface area contributed by atoms with E-state index in [1.54, 1.807) is 7.11 Å². The summed E-state index contributed by atoms with van der Waals surface area (Å²) in [5, 5.41) is 0. The van der Waals surface area contributed by atoms with Gasteiger partial charge in [0.1, 0.15) is 0 Å². The number of rotatable bonds is 4. The zero-order valence-electron chi connectivity index (χ0n) is 14.1.